The zero-order valence-corrected chi connectivity index (χ0v) is 19.9. The van der Waals surface area contributed by atoms with Gasteiger partial charge >= 0.3 is 0 Å². The third kappa shape index (κ3) is 4.46. The number of aliphatic hydroxyl groups is 1. The van der Waals surface area contributed by atoms with E-state index in [-0.39, 0.29) is 17.2 Å². The fourth-order valence-electron chi connectivity index (χ4n) is 4.72. The lowest BCUT2D eigenvalue weighted by Crippen LogP contribution is -2.35. The van der Waals surface area contributed by atoms with Gasteiger partial charge in [0.15, 0.2) is 0 Å². The van der Waals surface area contributed by atoms with Crippen LogP contribution in [0.4, 0.5) is 4.39 Å². The number of halogens is 3. The molecule has 0 saturated heterocycles. The van der Waals surface area contributed by atoms with Gasteiger partial charge in [-0.2, -0.15) is 5.26 Å². The minimum Gasteiger partial charge on any atom is -0.385 e. The minimum atomic E-state index is -1.27. The second kappa shape index (κ2) is 9.31. The summed E-state index contributed by atoms with van der Waals surface area (Å²) in [5.74, 6) is 0.593. The number of rotatable bonds is 6. The average Bonchev–Trinajstić information content (AvgIpc) is 3.59. The third-order valence-corrected chi connectivity index (χ3v) is 7.42. The Morgan fingerprint density at radius 1 is 1.15 bits per heavy atom. The summed E-state index contributed by atoms with van der Waals surface area (Å²) in [4.78, 5) is 0. The molecule has 2 aliphatic rings. The average molecular weight is 501 g/mol. The van der Waals surface area contributed by atoms with Crippen LogP contribution in [0.2, 0.25) is 10.0 Å². The highest BCUT2D eigenvalue weighted by Crippen LogP contribution is 2.46. The van der Waals surface area contributed by atoms with E-state index in [4.69, 9.17) is 37.7 Å². The van der Waals surface area contributed by atoms with E-state index in [2.05, 4.69) is 5.16 Å². The van der Waals surface area contributed by atoms with Crippen LogP contribution in [0, 0.1) is 17.1 Å². The highest BCUT2D eigenvalue weighted by atomic mass is 35.5. The number of hydrogen-bond acceptors (Lipinski definition) is 5. The van der Waals surface area contributed by atoms with Crippen molar-refractivity contribution in [3.8, 4) is 17.3 Å². The zero-order valence-electron chi connectivity index (χ0n) is 18.4. The van der Waals surface area contributed by atoms with E-state index in [0.717, 1.165) is 24.2 Å². The van der Waals surface area contributed by atoms with Crippen LogP contribution in [0.1, 0.15) is 66.9 Å². The predicted molar refractivity (Wildman–Crippen MR) is 126 cm³/mol. The Balaban J connectivity index is 1.31. The Kier molecular flexibility index (Phi) is 6.39. The van der Waals surface area contributed by atoms with Gasteiger partial charge in [0.25, 0.3) is 0 Å². The summed E-state index contributed by atoms with van der Waals surface area (Å²) in [6.07, 6.45) is 3.86. The zero-order chi connectivity index (χ0) is 23.9. The van der Waals surface area contributed by atoms with E-state index in [1.54, 1.807) is 18.2 Å². The second-order valence-electron chi connectivity index (χ2n) is 9.09. The van der Waals surface area contributed by atoms with Gasteiger partial charge in [-0.15, -0.1) is 0 Å². The normalized spacial score (nSPS) is 22.5. The van der Waals surface area contributed by atoms with E-state index in [1.165, 1.54) is 18.2 Å². The topological polar surface area (TPSA) is 79.3 Å². The maximum Gasteiger partial charge on any atom is 0.145 e. The molecule has 0 bridgehead atoms. The van der Waals surface area contributed by atoms with E-state index >= 15 is 0 Å². The molecule has 3 aromatic rings. The van der Waals surface area contributed by atoms with Crippen molar-refractivity contribution in [2.24, 2.45) is 0 Å². The summed E-state index contributed by atoms with van der Waals surface area (Å²) in [5, 5.41) is 25.3. The molecule has 2 saturated carbocycles. The minimum absolute atomic E-state index is 0.0989. The molecule has 1 heterocycles. The molecule has 1 N–H and O–H groups in total. The first-order chi connectivity index (χ1) is 16.4. The van der Waals surface area contributed by atoms with Crippen molar-refractivity contribution in [2.75, 3.05) is 0 Å². The molecule has 1 aromatic heterocycles. The Morgan fingerprint density at radius 3 is 2.47 bits per heavy atom. The molecule has 5 nitrogen and oxygen atoms in total. The van der Waals surface area contributed by atoms with Crippen LogP contribution in [-0.2, 0) is 16.9 Å². The molecule has 0 radical (unpaired) electrons. The molecule has 2 aliphatic carbocycles. The molecule has 2 aromatic carbocycles. The standard InChI is InChI=1S/C26H23Cl2FN2O3/c27-20-2-1-3-21(28)23(20)24-18(25(34-31-24)16-5-6-16)14-33-17-8-10-26(32,11-9-17)19-7-4-15(13-30)12-22(19)29/h1-4,7,12,16-17,32H,5-6,8-11,14H2/t17-,26+. The largest absolute Gasteiger partial charge is 0.385 e. The van der Waals surface area contributed by atoms with Crippen molar-refractivity contribution in [2.45, 2.75) is 62.8 Å². The number of nitriles is 1. The molecular formula is C26H23Cl2FN2O3. The van der Waals surface area contributed by atoms with Gasteiger partial charge in [0.05, 0.1) is 40.0 Å². The number of hydrogen-bond donors (Lipinski definition) is 1. The summed E-state index contributed by atoms with van der Waals surface area (Å²) in [6.45, 7) is 0.292. The quantitative estimate of drug-likeness (QED) is 0.398. The smallest absolute Gasteiger partial charge is 0.145 e. The van der Waals surface area contributed by atoms with Gasteiger partial charge in [-0.25, -0.2) is 4.39 Å². The summed E-state index contributed by atoms with van der Waals surface area (Å²) in [6, 6.07) is 11.4. The molecule has 0 spiro atoms. The first-order valence-corrected chi connectivity index (χ1v) is 12.1. The summed E-state index contributed by atoms with van der Waals surface area (Å²) in [5.41, 5.74) is 1.28. The van der Waals surface area contributed by atoms with E-state index in [9.17, 15) is 9.50 Å². The maximum absolute atomic E-state index is 14.5. The number of ether oxygens (including phenoxy) is 1. The van der Waals surface area contributed by atoms with Gasteiger partial charge in [0, 0.05) is 22.6 Å². The molecule has 5 rings (SSSR count). The van der Waals surface area contributed by atoms with Crippen LogP contribution in [-0.4, -0.2) is 16.4 Å². The van der Waals surface area contributed by atoms with Crippen molar-refractivity contribution >= 4 is 23.2 Å². The van der Waals surface area contributed by atoms with E-state index < -0.39 is 11.4 Å². The summed E-state index contributed by atoms with van der Waals surface area (Å²) < 4.78 is 26.5. The third-order valence-electron chi connectivity index (χ3n) is 6.79. The van der Waals surface area contributed by atoms with Gasteiger partial charge in [-0.05, 0) is 62.8 Å². The fraction of sp³-hybridized carbons (Fsp3) is 0.385. The van der Waals surface area contributed by atoms with E-state index in [0.29, 0.717) is 59.5 Å². The van der Waals surface area contributed by atoms with Crippen LogP contribution in [0.5, 0.6) is 0 Å². The van der Waals surface area contributed by atoms with Crippen LogP contribution >= 0.6 is 23.2 Å². The van der Waals surface area contributed by atoms with Gasteiger partial charge < -0.3 is 14.4 Å². The second-order valence-corrected chi connectivity index (χ2v) is 9.91. The predicted octanol–water partition coefficient (Wildman–Crippen LogP) is 6.88. The van der Waals surface area contributed by atoms with Crippen molar-refractivity contribution < 1.29 is 18.8 Å². The molecule has 2 fully saturated rings. The van der Waals surface area contributed by atoms with Crippen LogP contribution < -0.4 is 0 Å². The Bertz CT molecular complexity index is 1240. The lowest BCUT2D eigenvalue weighted by molar-refractivity contribution is -0.0656. The molecule has 8 heteroatoms. The molecule has 0 amide bonds. The number of aromatic nitrogens is 1. The van der Waals surface area contributed by atoms with Gasteiger partial charge in [0.1, 0.15) is 17.3 Å². The first kappa shape index (κ1) is 23.3. The maximum atomic E-state index is 14.5. The molecule has 0 unspecified atom stereocenters. The molecule has 176 valence electrons. The fourth-order valence-corrected chi connectivity index (χ4v) is 5.29. The summed E-state index contributed by atoms with van der Waals surface area (Å²) in [7, 11) is 0. The van der Waals surface area contributed by atoms with Crippen molar-refractivity contribution in [1.29, 1.82) is 5.26 Å². The van der Waals surface area contributed by atoms with Gasteiger partial charge in [-0.3, -0.25) is 0 Å². The van der Waals surface area contributed by atoms with Crippen LogP contribution in [0.15, 0.2) is 40.9 Å². The monoisotopic (exact) mass is 500 g/mol. The molecular weight excluding hydrogens is 478 g/mol. The Hall–Kier alpha value is -2.43. The van der Waals surface area contributed by atoms with Crippen LogP contribution in [0.3, 0.4) is 0 Å². The van der Waals surface area contributed by atoms with Crippen molar-refractivity contribution in [3.63, 3.8) is 0 Å². The first-order valence-electron chi connectivity index (χ1n) is 11.4. The SMILES string of the molecule is N#Cc1ccc([C@]2(O)CC[C@@H](OCc3c(-c4c(Cl)cccc4Cl)noc3C3CC3)CC2)c(F)c1. The summed E-state index contributed by atoms with van der Waals surface area (Å²) >= 11 is 12.9. The van der Waals surface area contributed by atoms with Crippen molar-refractivity contribution in [1.82, 2.24) is 5.16 Å². The molecule has 0 aliphatic heterocycles. The van der Waals surface area contributed by atoms with E-state index in [1.807, 2.05) is 6.07 Å². The van der Waals surface area contributed by atoms with Gasteiger partial charge in [-0.1, -0.05) is 40.5 Å². The van der Waals surface area contributed by atoms with Crippen molar-refractivity contribution in [3.05, 3.63) is 74.7 Å². The number of benzene rings is 2. The lowest BCUT2D eigenvalue weighted by Gasteiger charge is -2.36. The van der Waals surface area contributed by atoms with Gasteiger partial charge in [0.2, 0.25) is 0 Å². The highest BCUT2D eigenvalue weighted by Gasteiger charge is 2.38. The lowest BCUT2D eigenvalue weighted by atomic mass is 9.78. The highest BCUT2D eigenvalue weighted by molar-refractivity contribution is 6.39. The number of nitrogens with zero attached hydrogens (tertiary/aromatic N) is 2. The Morgan fingerprint density at radius 2 is 1.85 bits per heavy atom. The molecule has 34 heavy (non-hydrogen) atoms. The molecule has 0 atom stereocenters. The Labute approximate surface area is 207 Å². The van der Waals surface area contributed by atoms with Crippen LogP contribution in [0.25, 0.3) is 11.3 Å².